The maximum absolute atomic E-state index is 13.0. The number of halogens is 2. The lowest BCUT2D eigenvalue weighted by Gasteiger charge is -1.98. The summed E-state index contributed by atoms with van der Waals surface area (Å²) in [5, 5.41) is 0.259. The van der Waals surface area contributed by atoms with Crippen molar-refractivity contribution in [2.24, 2.45) is 0 Å². The quantitative estimate of drug-likeness (QED) is 0.677. The molecule has 1 aromatic heterocycles. The highest BCUT2D eigenvalue weighted by Crippen LogP contribution is 2.30. The van der Waals surface area contributed by atoms with Crippen molar-refractivity contribution in [3.63, 3.8) is 0 Å². The van der Waals surface area contributed by atoms with E-state index in [9.17, 15) is 4.39 Å². The number of nitrogens with two attached hydrogens (primary N) is 1. The van der Waals surface area contributed by atoms with Crippen LogP contribution in [0.4, 0.5) is 10.1 Å². The zero-order valence-electron chi connectivity index (χ0n) is 9.15. The predicted molar refractivity (Wildman–Crippen MR) is 68.8 cm³/mol. The summed E-state index contributed by atoms with van der Waals surface area (Å²) in [6, 6.07) is 9.25. The van der Waals surface area contributed by atoms with E-state index in [4.69, 9.17) is 21.8 Å². The molecule has 0 atom stereocenters. The van der Waals surface area contributed by atoms with Crippen molar-refractivity contribution in [2.75, 3.05) is 5.73 Å². The highest BCUT2D eigenvalue weighted by molar-refractivity contribution is 6.33. The number of anilines is 1. The molecule has 0 bridgehead atoms. The van der Waals surface area contributed by atoms with E-state index < -0.39 is 5.82 Å². The Labute approximate surface area is 107 Å². The molecular weight excluding hydrogens is 255 g/mol. The highest BCUT2D eigenvalue weighted by Gasteiger charge is 2.12. The number of rotatable bonds is 1. The van der Waals surface area contributed by atoms with Crippen molar-refractivity contribution < 1.29 is 8.81 Å². The average molecular weight is 263 g/mol. The molecule has 90 valence electrons. The first-order chi connectivity index (χ1) is 8.63. The number of nitrogens with zero attached hydrogens (tertiary/aromatic N) is 1. The fraction of sp³-hybridized carbons (Fsp3) is 0. The number of hydrogen-bond donors (Lipinski definition) is 1. The van der Waals surface area contributed by atoms with E-state index in [1.165, 1.54) is 18.2 Å². The molecule has 0 aliphatic carbocycles. The van der Waals surface area contributed by atoms with E-state index in [1.54, 1.807) is 18.2 Å². The van der Waals surface area contributed by atoms with Crippen LogP contribution in [0.15, 0.2) is 40.8 Å². The van der Waals surface area contributed by atoms with Crippen LogP contribution < -0.4 is 5.73 Å². The number of hydrogen-bond acceptors (Lipinski definition) is 3. The lowest BCUT2D eigenvalue weighted by Crippen LogP contribution is -1.82. The Morgan fingerprint density at radius 2 is 2.00 bits per heavy atom. The second kappa shape index (κ2) is 3.99. The molecule has 3 rings (SSSR count). The van der Waals surface area contributed by atoms with Crippen LogP contribution in [0.2, 0.25) is 5.02 Å². The molecule has 0 aliphatic rings. The summed E-state index contributed by atoms with van der Waals surface area (Å²) in [6.45, 7) is 0. The van der Waals surface area contributed by atoms with Gasteiger partial charge in [0.15, 0.2) is 5.58 Å². The fourth-order valence-electron chi connectivity index (χ4n) is 1.72. The first-order valence-corrected chi connectivity index (χ1v) is 5.63. The predicted octanol–water partition coefficient (Wildman–Crippen LogP) is 3.87. The average Bonchev–Trinajstić information content (AvgIpc) is 2.71. The Kier molecular flexibility index (Phi) is 2.45. The summed E-state index contributed by atoms with van der Waals surface area (Å²) < 4.78 is 18.5. The second-order valence-electron chi connectivity index (χ2n) is 3.87. The van der Waals surface area contributed by atoms with Gasteiger partial charge in [-0.1, -0.05) is 11.6 Å². The molecule has 5 heteroatoms. The Bertz CT molecular complexity index is 739. The zero-order valence-corrected chi connectivity index (χ0v) is 9.91. The van der Waals surface area contributed by atoms with Crippen molar-refractivity contribution in [1.82, 2.24) is 4.98 Å². The number of oxazole rings is 1. The Morgan fingerprint density at radius 3 is 2.78 bits per heavy atom. The van der Waals surface area contributed by atoms with Gasteiger partial charge < -0.3 is 10.2 Å². The van der Waals surface area contributed by atoms with Crippen LogP contribution >= 0.6 is 11.6 Å². The molecule has 0 radical (unpaired) electrons. The van der Waals surface area contributed by atoms with Gasteiger partial charge in [0.2, 0.25) is 5.89 Å². The highest BCUT2D eigenvalue weighted by atomic mass is 35.5. The summed E-state index contributed by atoms with van der Waals surface area (Å²) in [5.41, 5.74) is 8.05. The SMILES string of the molecule is Nc1ccc2nc(-c3ccc(F)cc3Cl)oc2c1. The first kappa shape index (κ1) is 11.0. The standard InChI is InChI=1S/C13H8ClFN2O/c14-10-5-7(15)1-3-9(10)13-17-11-4-2-8(16)6-12(11)18-13/h1-6H,16H2. The normalized spacial score (nSPS) is 11.0. The molecule has 0 unspecified atom stereocenters. The lowest BCUT2D eigenvalue weighted by molar-refractivity contribution is 0.616. The molecule has 0 saturated carbocycles. The zero-order chi connectivity index (χ0) is 12.7. The second-order valence-corrected chi connectivity index (χ2v) is 4.28. The molecular formula is C13H8ClFN2O. The molecule has 2 aromatic carbocycles. The van der Waals surface area contributed by atoms with Gasteiger partial charge in [-0.3, -0.25) is 0 Å². The third kappa shape index (κ3) is 1.80. The third-order valence-corrected chi connectivity index (χ3v) is 2.89. The fourth-order valence-corrected chi connectivity index (χ4v) is 1.97. The Hall–Kier alpha value is -2.07. The maximum atomic E-state index is 13.0. The van der Waals surface area contributed by atoms with Gasteiger partial charge in [0.25, 0.3) is 0 Å². The number of nitrogen functional groups attached to an aromatic ring is 1. The van der Waals surface area contributed by atoms with Gasteiger partial charge in [-0.05, 0) is 30.3 Å². The van der Waals surface area contributed by atoms with Gasteiger partial charge in [0, 0.05) is 11.8 Å². The van der Waals surface area contributed by atoms with Crippen molar-refractivity contribution in [1.29, 1.82) is 0 Å². The number of aromatic nitrogens is 1. The molecule has 0 fully saturated rings. The molecule has 0 saturated heterocycles. The molecule has 2 N–H and O–H groups in total. The molecule has 0 amide bonds. The topological polar surface area (TPSA) is 52.0 Å². The molecule has 0 aliphatic heterocycles. The van der Waals surface area contributed by atoms with Crippen molar-refractivity contribution in [2.45, 2.75) is 0 Å². The molecule has 18 heavy (non-hydrogen) atoms. The van der Waals surface area contributed by atoms with E-state index in [1.807, 2.05) is 0 Å². The molecule has 0 spiro atoms. The van der Waals surface area contributed by atoms with E-state index in [0.29, 0.717) is 28.2 Å². The van der Waals surface area contributed by atoms with Crippen LogP contribution in [-0.2, 0) is 0 Å². The summed E-state index contributed by atoms with van der Waals surface area (Å²) in [7, 11) is 0. The van der Waals surface area contributed by atoms with Gasteiger partial charge in [-0.15, -0.1) is 0 Å². The minimum Gasteiger partial charge on any atom is -0.436 e. The monoisotopic (exact) mass is 262 g/mol. The number of benzene rings is 2. The van der Waals surface area contributed by atoms with Crippen LogP contribution in [-0.4, -0.2) is 4.98 Å². The lowest BCUT2D eigenvalue weighted by atomic mass is 10.2. The van der Waals surface area contributed by atoms with Gasteiger partial charge in [-0.2, -0.15) is 0 Å². The summed E-state index contributed by atoms with van der Waals surface area (Å²) >= 11 is 5.96. The van der Waals surface area contributed by atoms with Crippen LogP contribution in [0.25, 0.3) is 22.6 Å². The van der Waals surface area contributed by atoms with Crippen molar-refractivity contribution in [3.8, 4) is 11.5 Å². The minimum absolute atomic E-state index is 0.259. The summed E-state index contributed by atoms with van der Waals surface area (Å²) in [5.74, 6) is -0.0512. The van der Waals surface area contributed by atoms with Gasteiger partial charge in [0.1, 0.15) is 11.3 Å². The van der Waals surface area contributed by atoms with Crippen molar-refractivity contribution in [3.05, 3.63) is 47.2 Å². The van der Waals surface area contributed by atoms with Crippen LogP contribution in [0.1, 0.15) is 0 Å². The van der Waals surface area contributed by atoms with E-state index in [-0.39, 0.29) is 5.02 Å². The largest absolute Gasteiger partial charge is 0.436 e. The van der Waals surface area contributed by atoms with Crippen LogP contribution in [0, 0.1) is 5.82 Å². The minimum atomic E-state index is -0.399. The summed E-state index contributed by atoms with van der Waals surface area (Å²) in [6.07, 6.45) is 0. The maximum Gasteiger partial charge on any atom is 0.228 e. The molecule has 3 nitrogen and oxygen atoms in total. The third-order valence-electron chi connectivity index (χ3n) is 2.57. The smallest absolute Gasteiger partial charge is 0.228 e. The van der Waals surface area contributed by atoms with E-state index >= 15 is 0 Å². The van der Waals surface area contributed by atoms with Gasteiger partial charge >= 0.3 is 0 Å². The van der Waals surface area contributed by atoms with E-state index in [0.717, 1.165) is 0 Å². The molecule has 3 aromatic rings. The van der Waals surface area contributed by atoms with Gasteiger partial charge in [0.05, 0.1) is 10.6 Å². The Morgan fingerprint density at radius 1 is 1.17 bits per heavy atom. The van der Waals surface area contributed by atoms with Crippen molar-refractivity contribution >= 4 is 28.4 Å². The Balaban J connectivity index is 2.19. The number of fused-ring (bicyclic) bond motifs is 1. The van der Waals surface area contributed by atoms with E-state index in [2.05, 4.69) is 4.98 Å². The summed E-state index contributed by atoms with van der Waals surface area (Å²) in [4.78, 5) is 4.29. The van der Waals surface area contributed by atoms with Crippen LogP contribution in [0.5, 0.6) is 0 Å². The molecule has 1 heterocycles. The van der Waals surface area contributed by atoms with Crippen LogP contribution in [0.3, 0.4) is 0 Å². The first-order valence-electron chi connectivity index (χ1n) is 5.25. The van der Waals surface area contributed by atoms with Gasteiger partial charge in [-0.25, -0.2) is 9.37 Å².